The fourth-order valence-corrected chi connectivity index (χ4v) is 2.59. The summed E-state index contributed by atoms with van der Waals surface area (Å²) >= 11 is 0. The van der Waals surface area contributed by atoms with Crippen LogP contribution in [0.1, 0.15) is 47.5 Å². The third-order valence-electron chi connectivity index (χ3n) is 3.64. The van der Waals surface area contributed by atoms with E-state index < -0.39 is 23.2 Å². The largest absolute Gasteiger partial charge is 0.444 e. The summed E-state index contributed by atoms with van der Waals surface area (Å²) in [5.74, 6) is 0.302. The molecule has 0 bridgehead atoms. The summed E-state index contributed by atoms with van der Waals surface area (Å²) in [6.45, 7) is 9.66. The van der Waals surface area contributed by atoms with Crippen molar-refractivity contribution in [3.05, 3.63) is 24.3 Å². The molecule has 1 amide bonds. The number of hydrogen-bond acceptors (Lipinski definition) is 4. The molecule has 0 heterocycles. The Morgan fingerprint density at radius 1 is 1.30 bits per heavy atom. The molecule has 130 valence electrons. The molecule has 5 nitrogen and oxygen atoms in total. The quantitative estimate of drug-likeness (QED) is 0.788. The predicted molar refractivity (Wildman–Crippen MR) is 92.0 cm³/mol. The molecule has 23 heavy (non-hydrogen) atoms. The second kappa shape index (κ2) is 7.77. The molecule has 0 saturated heterocycles. The fraction of sp³-hybridized carbons (Fsp3) is 0.667. The summed E-state index contributed by atoms with van der Waals surface area (Å²) in [6, 6.07) is -0.536. The molecule has 2 atom stereocenters. The Balaban J connectivity index is 2.80. The molecule has 0 aromatic carbocycles. The number of carbonyl (C=O) groups excluding carboxylic acids is 2. The van der Waals surface area contributed by atoms with Gasteiger partial charge in [0.2, 0.25) is 0 Å². The molecule has 0 saturated carbocycles. The molecule has 0 aliphatic heterocycles. The maximum atomic E-state index is 12.9. The first-order chi connectivity index (χ1) is 10.6. The molecule has 0 fully saturated rings. The van der Waals surface area contributed by atoms with E-state index in [1.54, 1.807) is 20.8 Å². The van der Waals surface area contributed by atoms with Crippen molar-refractivity contribution in [2.45, 2.75) is 59.1 Å². The van der Waals surface area contributed by atoms with Crippen molar-refractivity contribution in [1.82, 2.24) is 5.32 Å². The van der Waals surface area contributed by atoms with Gasteiger partial charge in [0, 0.05) is 6.54 Å². The lowest BCUT2D eigenvalue weighted by molar-refractivity contribution is -0.127. The minimum absolute atomic E-state index is 0.0390. The van der Waals surface area contributed by atoms with Crippen LogP contribution in [0.5, 0.6) is 0 Å². The molecule has 1 aliphatic carbocycles. The molecule has 1 aliphatic rings. The number of nitrogens with two attached hydrogens (primary N) is 1. The van der Waals surface area contributed by atoms with Gasteiger partial charge in [0.25, 0.3) is 0 Å². The molecule has 3 N–H and O–H groups in total. The maximum Gasteiger partial charge on any atom is 0.407 e. The number of hydrogen-bond donors (Lipinski definition) is 2. The Bertz CT molecular complexity index is 489. The van der Waals surface area contributed by atoms with Crippen LogP contribution in [0, 0.1) is 11.3 Å². The van der Waals surface area contributed by atoms with Gasteiger partial charge >= 0.3 is 6.09 Å². The van der Waals surface area contributed by atoms with Crippen molar-refractivity contribution in [3.8, 4) is 0 Å². The standard InChI is InChI=1S/C18H30N2O3/c1-13(2)11-14(19)15(21)18(9-7-6-8-10-18)12-20-16(22)23-17(3,4)5/h6-9,13-14H,10-12,19H2,1-5H3,(H,20,22)/t14-,18?/m0/s1. The number of carbonyl (C=O) groups is 2. The van der Waals surface area contributed by atoms with Crippen LogP contribution in [0.15, 0.2) is 24.3 Å². The van der Waals surface area contributed by atoms with E-state index in [1.807, 2.05) is 38.2 Å². The minimum atomic E-state index is -0.792. The highest BCUT2D eigenvalue weighted by Gasteiger charge is 2.39. The number of rotatable bonds is 6. The molecule has 0 aromatic heterocycles. The van der Waals surface area contributed by atoms with Crippen LogP contribution in [-0.4, -0.2) is 30.1 Å². The van der Waals surface area contributed by atoms with Crippen molar-refractivity contribution in [1.29, 1.82) is 0 Å². The van der Waals surface area contributed by atoms with Crippen LogP contribution in [-0.2, 0) is 9.53 Å². The van der Waals surface area contributed by atoms with Gasteiger partial charge in [0.05, 0.1) is 11.5 Å². The number of amides is 1. The molecular formula is C18H30N2O3. The van der Waals surface area contributed by atoms with E-state index in [1.165, 1.54) is 0 Å². The van der Waals surface area contributed by atoms with Gasteiger partial charge in [-0.15, -0.1) is 0 Å². The van der Waals surface area contributed by atoms with Gasteiger partial charge in [-0.25, -0.2) is 4.79 Å². The second-order valence-electron chi connectivity index (χ2n) is 7.60. The van der Waals surface area contributed by atoms with Crippen molar-refractivity contribution in [3.63, 3.8) is 0 Å². The Kier molecular flexibility index (Phi) is 6.57. The SMILES string of the molecule is CC(C)C[C@H](N)C(=O)C1(CNC(=O)OC(C)(C)C)C=CC=CC1. The third-order valence-corrected chi connectivity index (χ3v) is 3.64. The molecule has 1 rings (SSSR count). The monoisotopic (exact) mass is 322 g/mol. The third kappa shape index (κ3) is 6.18. The van der Waals surface area contributed by atoms with Crippen LogP contribution in [0.2, 0.25) is 0 Å². The van der Waals surface area contributed by atoms with E-state index in [9.17, 15) is 9.59 Å². The van der Waals surface area contributed by atoms with Crippen molar-refractivity contribution in [2.24, 2.45) is 17.1 Å². The highest BCUT2D eigenvalue weighted by atomic mass is 16.6. The van der Waals surface area contributed by atoms with E-state index >= 15 is 0 Å². The minimum Gasteiger partial charge on any atom is -0.444 e. The normalized spacial score (nSPS) is 22.0. The molecular weight excluding hydrogens is 292 g/mol. The predicted octanol–water partition coefficient (Wildman–Crippen LogP) is 2.96. The zero-order valence-corrected chi connectivity index (χ0v) is 14.9. The zero-order valence-electron chi connectivity index (χ0n) is 14.9. The van der Waals surface area contributed by atoms with Gasteiger partial charge in [-0.1, -0.05) is 38.2 Å². The average molecular weight is 322 g/mol. The Morgan fingerprint density at radius 2 is 1.96 bits per heavy atom. The van der Waals surface area contributed by atoms with Crippen LogP contribution in [0.3, 0.4) is 0 Å². The van der Waals surface area contributed by atoms with E-state index in [0.717, 1.165) is 0 Å². The summed E-state index contributed by atoms with van der Waals surface area (Å²) in [4.78, 5) is 24.7. The number of alkyl carbamates (subject to hydrolysis) is 1. The smallest absolute Gasteiger partial charge is 0.407 e. The van der Waals surface area contributed by atoms with Crippen molar-refractivity contribution in [2.75, 3.05) is 6.54 Å². The summed E-state index contributed by atoms with van der Waals surface area (Å²) in [7, 11) is 0. The molecule has 5 heteroatoms. The highest BCUT2D eigenvalue weighted by Crippen LogP contribution is 2.30. The van der Waals surface area contributed by atoms with Gasteiger partial charge in [-0.05, 0) is 39.5 Å². The van der Waals surface area contributed by atoms with Crippen molar-refractivity contribution < 1.29 is 14.3 Å². The molecule has 0 spiro atoms. The van der Waals surface area contributed by atoms with Gasteiger partial charge in [0.1, 0.15) is 5.60 Å². The Hall–Kier alpha value is -1.62. The zero-order chi connectivity index (χ0) is 17.7. The lowest BCUT2D eigenvalue weighted by Crippen LogP contribution is -2.50. The van der Waals surface area contributed by atoms with Gasteiger partial charge in [0.15, 0.2) is 5.78 Å². The summed E-state index contributed by atoms with van der Waals surface area (Å²) in [6.07, 6.45) is 8.14. The number of Topliss-reactive ketones (excluding diaryl/α,β-unsaturated/α-hetero) is 1. The van der Waals surface area contributed by atoms with Gasteiger partial charge in [-0.3, -0.25) is 4.79 Å². The topological polar surface area (TPSA) is 81.4 Å². The number of ketones is 1. The van der Waals surface area contributed by atoms with E-state index in [2.05, 4.69) is 5.32 Å². The van der Waals surface area contributed by atoms with Crippen LogP contribution < -0.4 is 11.1 Å². The van der Waals surface area contributed by atoms with E-state index in [-0.39, 0.29) is 12.3 Å². The van der Waals surface area contributed by atoms with Crippen molar-refractivity contribution >= 4 is 11.9 Å². The summed E-state index contributed by atoms with van der Waals surface area (Å²) < 4.78 is 5.24. The molecule has 1 unspecified atom stereocenters. The second-order valence-corrected chi connectivity index (χ2v) is 7.60. The van der Waals surface area contributed by atoms with E-state index in [4.69, 9.17) is 10.5 Å². The van der Waals surface area contributed by atoms with Crippen LogP contribution in [0.25, 0.3) is 0 Å². The first-order valence-corrected chi connectivity index (χ1v) is 8.17. The summed E-state index contributed by atoms with van der Waals surface area (Å²) in [5, 5.41) is 2.72. The molecule has 0 radical (unpaired) electrons. The van der Waals surface area contributed by atoms with Crippen LogP contribution >= 0.6 is 0 Å². The number of allylic oxidation sites excluding steroid dienone is 3. The highest BCUT2D eigenvalue weighted by molar-refractivity contribution is 5.92. The van der Waals surface area contributed by atoms with Gasteiger partial charge < -0.3 is 15.8 Å². The fourth-order valence-electron chi connectivity index (χ4n) is 2.59. The first-order valence-electron chi connectivity index (χ1n) is 8.17. The van der Waals surface area contributed by atoms with Crippen LogP contribution in [0.4, 0.5) is 4.79 Å². The number of nitrogens with one attached hydrogen (secondary N) is 1. The first kappa shape index (κ1) is 19.4. The number of ether oxygens (including phenoxy) is 1. The average Bonchev–Trinajstić information content (AvgIpc) is 2.43. The molecule has 0 aromatic rings. The van der Waals surface area contributed by atoms with E-state index in [0.29, 0.717) is 18.8 Å². The Morgan fingerprint density at radius 3 is 2.43 bits per heavy atom. The lowest BCUT2D eigenvalue weighted by atomic mass is 9.74. The lowest BCUT2D eigenvalue weighted by Gasteiger charge is -2.33. The van der Waals surface area contributed by atoms with Gasteiger partial charge in [-0.2, -0.15) is 0 Å². The Labute approximate surface area is 139 Å². The summed E-state index contributed by atoms with van der Waals surface area (Å²) in [5.41, 5.74) is 4.73. The maximum absolute atomic E-state index is 12.9.